The molecule has 146 valence electrons. The standard InChI is InChI=1S/C20H32BrN3O2/c1-7-15(4)24(16(5)8-2)20(26)13-23(6)12-19(25)22-18-10-9-17(21)11-14(18)3/h9-11,15-16H,7-8,12-13H2,1-6H3,(H,22,25)/t15-,16+. The summed E-state index contributed by atoms with van der Waals surface area (Å²) in [6.07, 6.45) is 1.84. The number of likely N-dealkylation sites (N-methyl/N-ethyl adjacent to an activating group) is 1. The zero-order valence-corrected chi connectivity index (χ0v) is 18.4. The average molecular weight is 426 g/mol. The Morgan fingerprint density at radius 2 is 1.69 bits per heavy atom. The Morgan fingerprint density at radius 3 is 2.19 bits per heavy atom. The molecule has 0 heterocycles. The zero-order valence-electron chi connectivity index (χ0n) is 16.8. The molecule has 1 rings (SSSR count). The lowest BCUT2D eigenvalue weighted by molar-refractivity contribution is -0.136. The van der Waals surface area contributed by atoms with Crippen LogP contribution in [0.15, 0.2) is 22.7 Å². The molecule has 0 spiro atoms. The van der Waals surface area contributed by atoms with Crippen molar-refractivity contribution in [2.24, 2.45) is 0 Å². The molecule has 0 saturated carbocycles. The van der Waals surface area contributed by atoms with Gasteiger partial charge < -0.3 is 10.2 Å². The summed E-state index contributed by atoms with van der Waals surface area (Å²) in [6.45, 7) is 10.7. The number of aryl methyl sites for hydroxylation is 1. The third-order valence-corrected chi connectivity index (χ3v) is 5.19. The number of rotatable bonds is 9. The number of benzene rings is 1. The minimum Gasteiger partial charge on any atom is -0.336 e. The van der Waals surface area contributed by atoms with Crippen molar-refractivity contribution >= 4 is 33.4 Å². The molecule has 0 aromatic heterocycles. The molecule has 0 unspecified atom stereocenters. The van der Waals surface area contributed by atoms with Crippen molar-refractivity contribution in [3.05, 3.63) is 28.2 Å². The van der Waals surface area contributed by atoms with Crippen molar-refractivity contribution in [3.8, 4) is 0 Å². The zero-order chi connectivity index (χ0) is 19.9. The molecule has 0 aliphatic heterocycles. The first-order chi connectivity index (χ1) is 12.2. The van der Waals surface area contributed by atoms with Gasteiger partial charge in [-0.1, -0.05) is 29.8 Å². The van der Waals surface area contributed by atoms with E-state index in [0.29, 0.717) is 0 Å². The van der Waals surface area contributed by atoms with Crippen LogP contribution in [0.5, 0.6) is 0 Å². The molecule has 2 amide bonds. The van der Waals surface area contributed by atoms with E-state index in [0.717, 1.165) is 28.6 Å². The van der Waals surface area contributed by atoms with Crippen LogP contribution in [0, 0.1) is 6.92 Å². The fourth-order valence-corrected chi connectivity index (χ4v) is 3.37. The number of carbonyl (C=O) groups is 2. The van der Waals surface area contributed by atoms with Crippen LogP contribution in [0.2, 0.25) is 0 Å². The maximum absolute atomic E-state index is 12.7. The molecule has 0 aliphatic carbocycles. The quantitative estimate of drug-likeness (QED) is 0.648. The molecule has 6 heteroatoms. The summed E-state index contributed by atoms with van der Waals surface area (Å²) in [4.78, 5) is 28.8. The van der Waals surface area contributed by atoms with Crippen LogP contribution < -0.4 is 5.32 Å². The number of anilines is 1. The van der Waals surface area contributed by atoms with Gasteiger partial charge in [-0.05, 0) is 64.4 Å². The first-order valence-electron chi connectivity index (χ1n) is 9.25. The molecule has 0 saturated heterocycles. The van der Waals surface area contributed by atoms with E-state index in [1.807, 2.05) is 30.0 Å². The van der Waals surface area contributed by atoms with Gasteiger partial charge in [-0.2, -0.15) is 0 Å². The van der Waals surface area contributed by atoms with Gasteiger partial charge in [0, 0.05) is 22.2 Å². The van der Waals surface area contributed by atoms with Gasteiger partial charge in [0.05, 0.1) is 13.1 Å². The fraction of sp³-hybridized carbons (Fsp3) is 0.600. The van der Waals surface area contributed by atoms with Gasteiger partial charge in [0.1, 0.15) is 0 Å². The molecule has 1 N–H and O–H groups in total. The third-order valence-electron chi connectivity index (χ3n) is 4.70. The number of nitrogens with zero attached hydrogens (tertiary/aromatic N) is 2. The molecule has 26 heavy (non-hydrogen) atoms. The van der Waals surface area contributed by atoms with E-state index >= 15 is 0 Å². The fourth-order valence-electron chi connectivity index (χ4n) is 2.89. The molecule has 0 aliphatic rings. The van der Waals surface area contributed by atoms with Crippen LogP contribution in [0.4, 0.5) is 5.69 Å². The van der Waals surface area contributed by atoms with E-state index in [1.165, 1.54) is 0 Å². The Hall–Kier alpha value is -1.40. The number of carbonyl (C=O) groups excluding carboxylic acids is 2. The second-order valence-corrected chi connectivity index (χ2v) is 7.91. The summed E-state index contributed by atoms with van der Waals surface area (Å²) in [5, 5.41) is 2.91. The first kappa shape index (κ1) is 22.6. The van der Waals surface area contributed by atoms with Crippen molar-refractivity contribution in [1.82, 2.24) is 9.80 Å². The predicted octanol–water partition coefficient (Wildman–Crippen LogP) is 4.05. The summed E-state index contributed by atoms with van der Waals surface area (Å²) in [7, 11) is 1.80. The van der Waals surface area contributed by atoms with Gasteiger partial charge in [-0.3, -0.25) is 14.5 Å². The van der Waals surface area contributed by atoms with E-state index < -0.39 is 0 Å². The van der Waals surface area contributed by atoms with Crippen molar-refractivity contribution in [2.45, 2.75) is 59.5 Å². The Labute approximate surface area is 166 Å². The van der Waals surface area contributed by atoms with Crippen molar-refractivity contribution in [1.29, 1.82) is 0 Å². The topological polar surface area (TPSA) is 52.7 Å². The highest BCUT2D eigenvalue weighted by atomic mass is 79.9. The van der Waals surface area contributed by atoms with Crippen molar-refractivity contribution in [3.63, 3.8) is 0 Å². The van der Waals surface area contributed by atoms with Crippen LogP contribution in [0.25, 0.3) is 0 Å². The molecule has 0 fully saturated rings. The van der Waals surface area contributed by atoms with E-state index in [2.05, 4.69) is 48.9 Å². The third kappa shape index (κ3) is 6.72. The lowest BCUT2D eigenvalue weighted by atomic mass is 10.1. The maximum atomic E-state index is 12.7. The molecule has 0 radical (unpaired) electrons. The van der Waals surface area contributed by atoms with Crippen LogP contribution in [-0.2, 0) is 9.59 Å². The van der Waals surface area contributed by atoms with E-state index in [1.54, 1.807) is 11.9 Å². The summed E-state index contributed by atoms with van der Waals surface area (Å²) in [5.74, 6) is -0.0480. The molecule has 1 aromatic carbocycles. The smallest absolute Gasteiger partial charge is 0.238 e. The number of halogens is 1. The van der Waals surface area contributed by atoms with Crippen LogP contribution >= 0.6 is 15.9 Å². The number of amides is 2. The second kappa shape index (κ2) is 10.7. The SMILES string of the molecule is CC[C@@H](C)N(C(=O)CN(C)CC(=O)Nc1ccc(Br)cc1C)[C@@H](C)CC. The highest BCUT2D eigenvalue weighted by molar-refractivity contribution is 9.10. The van der Waals surface area contributed by atoms with Gasteiger partial charge in [-0.25, -0.2) is 0 Å². The minimum absolute atomic E-state index is 0.0730. The maximum Gasteiger partial charge on any atom is 0.238 e. The lowest BCUT2D eigenvalue weighted by Crippen LogP contribution is -2.49. The van der Waals surface area contributed by atoms with Gasteiger partial charge in [0.25, 0.3) is 0 Å². The number of hydrogen-bond acceptors (Lipinski definition) is 3. The molecule has 2 atom stereocenters. The van der Waals surface area contributed by atoms with Gasteiger partial charge in [-0.15, -0.1) is 0 Å². The van der Waals surface area contributed by atoms with E-state index in [-0.39, 0.29) is 37.0 Å². The summed E-state index contributed by atoms with van der Waals surface area (Å²) < 4.78 is 0.978. The van der Waals surface area contributed by atoms with Crippen molar-refractivity contribution in [2.75, 3.05) is 25.5 Å². The number of nitrogens with one attached hydrogen (secondary N) is 1. The van der Waals surface area contributed by atoms with Gasteiger partial charge in [0.2, 0.25) is 11.8 Å². The normalized spacial score (nSPS) is 13.4. The Kier molecular flexibility index (Phi) is 9.30. The molecule has 0 bridgehead atoms. The Morgan fingerprint density at radius 1 is 1.12 bits per heavy atom. The first-order valence-corrected chi connectivity index (χ1v) is 10.0. The Bertz CT molecular complexity index is 611. The van der Waals surface area contributed by atoms with Gasteiger partial charge >= 0.3 is 0 Å². The molecule has 5 nitrogen and oxygen atoms in total. The molecular formula is C20H32BrN3O2. The molecular weight excluding hydrogens is 394 g/mol. The largest absolute Gasteiger partial charge is 0.336 e. The summed E-state index contributed by atoms with van der Waals surface area (Å²) in [6, 6.07) is 6.12. The number of hydrogen-bond donors (Lipinski definition) is 1. The summed E-state index contributed by atoms with van der Waals surface area (Å²) >= 11 is 3.42. The van der Waals surface area contributed by atoms with Crippen LogP contribution in [0.3, 0.4) is 0 Å². The van der Waals surface area contributed by atoms with Crippen LogP contribution in [0.1, 0.15) is 46.1 Å². The average Bonchev–Trinajstić information content (AvgIpc) is 2.56. The monoisotopic (exact) mass is 425 g/mol. The van der Waals surface area contributed by atoms with Gasteiger partial charge in [0.15, 0.2) is 0 Å². The Balaban J connectivity index is 2.64. The predicted molar refractivity (Wildman–Crippen MR) is 111 cm³/mol. The van der Waals surface area contributed by atoms with Crippen LogP contribution in [-0.4, -0.2) is 53.8 Å². The molecule has 1 aromatic rings. The highest BCUT2D eigenvalue weighted by Crippen LogP contribution is 2.20. The van der Waals surface area contributed by atoms with Crippen molar-refractivity contribution < 1.29 is 9.59 Å². The summed E-state index contributed by atoms with van der Waals surface area (Å²) in [5.41, 5.74) is 1.78. The lowest BCUT2D eigenvalue weighted by Gasteiger charge is -2.35. The van der Waals surface area contributed by atoms with E-state index in [9.17, 15) is 9.59 Å². The van der Waals surface area contributed by atoms with E-state index in [4.69, 9.17) is 0 Å². The highest BCUT2D eigenvalue weighted by Gasteiger charge is 2.24. The second-order valence-electron chi connectivity index (χ2n) is 7.00. The minimum atomic E-state index is -0.121.